The van der Waals surface area contributed by atoms with Crippen molar-refractivity contribution in [3.8, 4) is 0 Å². The standard InChI is InChI=1S/C13H14N2O2S/c1-2-9-3-5-10(6-4-9)7-14-13-15-8-11(18-13)12(16)17/h3-6,8H,2,7H2,1H3,(H,14,15)(H,16,17). The number of carboxylic acids is 1. The first-order valence-electron chi connectivity index (χ1n) is 5.70. The number of anilines is 1. The van der Waals surface area contributed by atoms with Crippen LogP contribution in [0.1, 0.15) is 27.7 Å². The maximum atomic E-state index is 10.7. The Kier molecular flexibility index (Phi) is 3.94. The molecule has 0 aliphatic rings. The SMILES string of the molecule is CCc1ccc(CNc2ncc(C(=O)O)s2)cc1. The molecule has 5 heteroatoms. The number of hydrogen-bond donors (Lipinski definition) is 2. The van der Waals surface area contributed by atoms with E-state index in [1.54, 1.807) is 0 Å². The number of hydrogen-bond acceptors (Lipinski definition) is 4. The number of nitrogens with one attached hydrogen (secondary N) is 1. The van der Waals surface area contributed by atoms with Gasteiger partial charge >= 0.3 is 5.97 Å². The zero-order chi connectivity index (χ0) is 13.0. The summed E-state index contributed by atoms with van der Waals surface area (Å²) < 4.78 is 0. The molecule has 2 N–H and O–H groups in total. The van der Waals surface area contributed by atoms with Crippen molar-refractivity contribution in [3.05, 3.63) is 46.5 Å². The van der Waals surface area contributed by atoms with E-state index in [0.29, 0.717) is 11.7 Å². The molecule has 0 fully saturated rings. The average Bonchev–Trinajstić information content (AvgIpc) is 2.86. The van der Waals surface area contributed by atoms with Gasteiger partial charge in [0.15, 0.2) is 5.13 Å². The first-order chi connectivity index (χ1) is 8.69. The molecule has 0 saturated carbocycles. The van der Waals surface area contributed by atoms with E-state index in [2.05, 4.69) is 41.5 Å². The van der Waals surface area contributed by atoms with E-state index in [4.69, 9.17) is 5.11 Å². The number of thiazole rings is 1. The lowest BCUT2D eigenvalue weighted by molar-refractivity contribution is 0.0702. The van der Waals surface area contributed by atoms with Gasteiger partial charge in [-0.3, -0.25) is 0 Å². The Bertz CT molecular complexity index is 534. The molecule has 4 nitrogen and oxygen atoms in total. The molecule has 1 aromatic heterocycles. The quantitative estimate of drug-likeness (QED) is 0.869. The smallest absolute Gasteiger partial charge is 0.347 e. The molecule has 0 atom stereocenters. The van der Waals surface area contributed by atoms with Crippen LogP contribution in [0.5, 0.6) is 0 Å². The van der Waals surface area contributed by atoms with Crippen molar-refractivity contribution in [2.75, 3.05) is 5.32 Å². The molecule has 0 bridgehead atoms. The molecule has 0 amide bonds. The highest BCUT2D eigenvalue weighted by molar-refractivity contribution is 7.17. The monoisotopic (exact) mass is 262 g/mol. The lowest BCUT2D eigenvalue weighted by Crippen LogP contribution is -1.98. The van der Waals surface area contributed by atoms with Gasteiger partial charge in [-0.1, -0.05) is 42.5 Å². The minimum absolute atomic E-state index is 0.249. The zero-order valence-corrected chi connectivity index (χ0v) is 10.8. The normalized spacial score (nSPS) is 10.3. The van der Waals surface area contributed by atoms with Gasteiger partial charge in [0.05, 0.1) is 6.20 Å². The minimum Gasteiger partial charge on any atom is -0.477 e. The van der Waals surface area contributed by atoms with Gasteiger partial charge in [0, 0.05) is 6.54 Å². The van der Waals surface area contributed by atoms with E-state index >= 15 is 0 Å². The summed E-state index contributed by atoms with van der Waals surface area (Å²) in [5.41, 5.74) is 2.46. The van der Waals surface area contributed by atoms with Crippen molar-refractivity contribution in [1.82, 2.24) is 4.98 Å². The highest BCUT2D eigenvalue weighted by Gasteiger charge is 2.07. The van der Waals surface area contributed by atoms with Gasteiger partial charge in [-0.2, -0.15) is 0 Å². The lowest BCUT2D eigenvalue weighted by Gasteiger charge is -2.03. The lowest BCUT2D eigenvalue weighted by atomic mass is 10.1. The highest BCUT2D eigenvalue weighted by atomic mass is 32.1. The van der Waals surface area contributed by atoms with Crippen LogP contribution in [0.25, 0.3) is 0 Å². The maximum absolute atomic E-state index is 10.7. The number of aryl methyl sites for hydroxylation is 1. The molecule has 1 heterocycles. The Balaban J connectivity index is 1.95. The summed E-state index contributed by atoms with van der Waals surface area (Å²) in [5, 5.41) is 12.5. The van der Waals surface area contributed by atoms with Crippen LogP contribution in [0.4, 0.5) is 5.13 Å². The first kappa shape index (κ1) is 12.6. The molecule has 94 valence electrons. The fourth-order valence-electron chi connectivity index (χ4n) is 1.53. The van der Waals surface area contributed by atoms with Crippen LogP contribution < -0.4 is 5.32 Å². The average molecular weight is 262 g/mol. The summed E-state index contributed by atoms with van der Waals surface area (Å²) in [6.07, 6.45) is 2.40. The fraction of sp³-hybridized carbons (Fsp3) is 0.231. The summed E-state index contributed by atoms with van der Waals surface area (Å²) in [6.45, 7) is 2.77. The van der Waals surface area contributed by atoms with Gasteiger partial charge < -0.3 is 10.4 Å². The van der Waals surface area contributed by atoms with Crippen molar-refractivity contribution >= 4 is 22.4 Å². The zero-order valence-electron chi connectivity index (χ0n) is 10.0. The van der Waals surface area contributed by atoms with E-state index in [-0.39, 0.29) is 4.88 Å². The van der Waals surface area contributed by atoms with E-state index in [1.165, 1.54) is 11.8 Å². The van der Waals surface area contributed by atoms with Crippen molar-refractivity contribution in [2.45, 2.75) is 19.9 Å². The number of benzene rings is 1. The number of aromatic nitrogens is 1. The van der Waals surface area contributed by atoms with Crippen molar-refractivity contribution in [1.29, 1.82) is 0 Å². The predicted octanol–water partition coefficient (Wildman–Crippen LogP) is 3.02. The van der Waals surface area contributed by atoms with Gasteiger partial charge in [0.25, 0.3) is 0 Å². The Hall–Kier alpha value is -1.88. The third-order valence-corrected chi connectivity index (χ3v) is 3.53. The van der Waals surface area contributed by atoms with E-state index in [1.807, 2.05) is 0 Å². The molecule has 2 rings (SSSR count). The van der Waals surface area contributed by atoms with Crippen molar-refractivity contribution < 1.29 is 9.90 Å². The molecular weight excluding hydrogens is 248 g/mol. The van der Waals surface area contributed by atoms with Crippen LogP contribution in [0.3, 0.4) is 0 Å². The van der Waals surface area contributed by atoms with Crippen LogP contribution in [-0.2, 0) is 13.0 Å². The molecule has 18 heavy (non-hydrogen) atoms. The largest absolute Gasteiger partial charge is 0.477 e. The molecule has 2 aromatic rings. The number of rotatable bonds is 5. The summed E-state index contributed by atoms with van der Waals surface area (Å²) in [6, 6.07) is 8.33. The van der Waals surface area contributed by atoms with Gasteiger partial charge in [0.1, 0.15) is 4.88 Å². The summed E-state index contributed by atoms with van der Waals surface area (Å²) in [4.78, 5) is 15.0. The molecule has 0 unspecified atom stereocenters. The van der Waals surface area contributed by atoms with Crippen LogP contribution >= 0.6 is 11.3 Å². The molecule has 0 aliphatic heterocycles. The minimum atomic E-state index is -0.937. The second kappa shape index (κ2) is 5.64. The van der Waals surface area contributed by atoms with Gasteiger partial charge in [-0.15, -0.1) is 0 Å². The highest BCUT2D eigenvalue weighted by Crippen LogP contribution is 2.18. The Morgan fingerprint density at radius 2 is 2.00 bits per heavy atom. The number of carboxylic acid groups (broad SMARTS) is 1. The summed E-state index contributed by atoms with van der Waals surface area (Å²) in [7, 11) is 0. The third-order valence-electron chi connectivity index (χ3n) is 2.59. The second-order valence-electron chi connectivity index (χ2n) is 3.86. The molecular formula is C13H14N2O2S. The molecule has 0 saturated heterocycles. The van der Waals surface area contributed by atoms with E-state index in [0.717, 1.165) is 23.3 Å². The van der Waals surface area contributed by atoms with Gasteiger partial charge in [-0.25, -0.2) is 9.78 Å². The molecule has 1 aromatic carbocycles. The molecule has 0 spiro atoms. The Labute approximate surface area is 109 Å². The Morgan fingerprint density at radius 1 is 1.33 bits per heavy atom. The summed E-state index contributed by atoms with van der Waals surface area (Å²) in [5.74, 6) is -0.937. The van der Waals surface area contributed by atoms with Crippen LogP contribution in [-0.4, -0.2) is 16.1 Å². The van der Waals surface area contributed by atoms with Gasteiger partial charge in [-0.05, 0) is 17.5 Å². The number of nitrogens with zero attached hydrogens (tertiary/aromatic N) is 1. The van der Waals surface area contributed by atoms with Crippen molar-refractivity contribution in [3.63, 3.8) is 0 Å². The first-order valence-corrected chi connectivity index (χ1v) is 6.51. The second-order valence-corrected chi connectivity index (χ2v) is 4.89. The molecule has 0 radical (unpaired) electrons. The molecule has 0 aliphatic carbocycles. The van der Waals surface area contributed by atoms with E-state index in [9.17, 15) is 4.79 Å². The Morgan fingerprint density at radius 3 is 2.56 bits per heavy atom. The summed E-state index contributed by atoms with van der Waals surface area (Å²) >= 11 is 1.15. The van der Waals surface area contributed by atoms with Crippen LogP contribution in [0, 0.1) is 0 Å². The van der Waals surface area contributed by atoms with E-state index < -0.39 is 5.97 Å². The van der Waals surface area contributed by atoms with Crippen LogP contribution in [0.2, 0.25) is 0 Å². The fourth-order valence-corrected chi connectivity index (χ4v) is 2.18. The maximum Gasteiger partial charge on any atom is 0.347 e. The topological polar surface area (TPSA) is 62.2 Å². The number of aromatic carboxylic acids is 1. The van der Waals surface area contributed by atoms with Crippen molar-refractivity contribution in [2.24, 2.45) is 0 Å². The predicted molar refractivity (Wildman–Crippen MR) is 72.2 cm³/mol. The van der Waals surface area contributed by atoms with Gasteiger partial charge in [0.2, 0.25) is 0 Å². The number of carbonyl (C=O) groups is 1. The van der Waals surface area contributed by atoms with Crippen LogP contribution in [0.15, 0.2) is 30.5 Å². The third kappa shape index (κ3) is 3.07.